The maximum atomic E-state index is 13.9. The number of carbonyl (C=O) groups excluding carboxylic acids is 1. The van der Waals surface area contributed by atoms with Crippen LogP contribution in [-0.2, 0) is 10.0 Å². The Kier molecular flexibility index (Phi) is 5.87. The van der Waals surface area contributed by atoms with Crippen LogP contribution in [0.1, 0.15) is 10.6 Å². The van der Waals surface area contributed by atoms with Gasteiger partial charge in [-0.05, 0) is 60.7 Å². The van der Waals surface area contributed by atoms with Crippen molar-refractivity contribution >= 4 is 27.3 Å². The van der Waals surface area contributed by atoms with Gasteiger partial charge in [0.2, 0.25) is 0 Å². The van der Waals surface area contributed by atoms with E-state index in [9.17, 15) is 17.6 Å². The fourth-order valence-corrected chi connectivity index (χ4v) is 4.56. The third-order valence-electron chi connectivity index (χ3n) is 5.19. The molecule has 2 N–H and O–H groups in total. The molecule has 4 aromatic rings. The van der Waals surface area contributed by atoms with Crippen LogP contribution in [0, 0.1) is 5.82 Å². The minimum absolute atomic E-state index is 0.00615. The van der Waals surface area contributed by atoms with Crippen molar-refractivity contribution < 1.29 is 31.5 Å². The van der Waals surface area contributed by atoms with Crippen molar-refractivity contribution in [1.82, 2.24) is 0 Å². The van der Waals surface area contributed by atoms with Gasteiger partial charge in [-0.1, -0.05) is 12.1 Å². The number of hydrogen-bond acceptors (Lipinski definition) is 6. The quantitative estimate of drug-likeness (QED) is 0.395. The first-order valence-corrected chi connectivity index (χ1v) is 12.1. The third kappa shape index (κ3) is 4.82. The van der Waals surface area contributed by atoms with E-state index >= 15 is 0 Å². The maximum Gasteiger partial charge on any atom is 0.291 e. The molecule has 0 atom stereocenters. The summed E-state index contributed by atoms with van der Waals surface area (Å²) in [4.78, 5) is 12.6. The van der Waals surface area contributed by atoms with Crippen molar-refractivity contribution in [2.24, 2.45) is 0 Å². The number of ether oxygens (including phenoxy) is 2. The molecule has 1 aromatic heterocycles. The van der Waals surface area contributed by atoms with E-state index in [-0.39, 0.29) is 22.0 Å². The Morgan fingerprint density at radius 1 is 0.829 bits per heavy atom. The topological polar surface area (TPSA) is 107 Å². The molecule has 0 bridgehead atoms. The third-order valence-corrected chi connectivity index (χ3v) is 6.57. The molecule has 1 aliphatic rings. The zero-order chi connectivity index (χ0) is 24.4. The highest BCUT2D eigenvalue weighted by atomic mass is 32.2. The Balaban J connectivity index is 1.25. The molecule has 35 heavy (non-hydrogen) atoms. The Morgan fingerprint density at radius 2 is 1.54 bits per heavy atom. The Bertz CT molecular complexity index is 1500. The van der Waals surface area contributed by atoms with Crippen LogP contribution >= 0.6 is 0 Å². The zero-order valence-electron chi connectivity index (χ0n) is 18.2. The maximum absolute atomic E-state index is 13.9. The predicted molar refractivity (Wildman–Crippen MR) is 127 cm³/mol. The lowest BCUT2D eigenvalue weighted by Crippen LogP contribution is -2.17. The molecule has 5 rings (SSSR count). The van der Waals surface area contributed by atoms with E-state index in [4.69, 9.17) is 13.9 Å². The van der Waals surface area contributed by atoms with Gasteiger partial charge in [0, 0.05) is 17.4 Å². The molecule has 0 saturated heterocycles. The van der Waals surface area contributed by atoms with Gasteiger partial charge in [-0.3, -0.25) is 9.52 Å². The van der Waals surface area contributed by atoms with Gasteiger partial charge in [0.05, 0.1) is 10.5 Å². The van der Waals surface area contributed by atoms with Crippen LogP contribution in [0.3, 0.4) is 0 Å². The highest BCUT2D eigenvalue weighted by molar-refractivity contribution is 7.92. The first-order chi connectivity index (χ1) is 16.9. The minimum Gasteiger partial charge on any atom is -0.486 e. The summed E-state index contributed by atoms with van der Waals surface area (Å²) in [5.74, 6) is 0.116. The average molecular weight is 495 g/mol. The molecule has 178 valence electrons. The van der Waals surface area contributed by atoms with Crippen molar-refractivity contribution in [3.05, 3.63) is 90.4 Å². The summed E-state index contributed by atoms with van der Waals surface area (Å²) in [6, 6.07) is 19.6. The summed E-state index contributed by atoms with van der Waals surface area (Å²) < 4.78 is 58.3. The van der Waals surface area contributed by atoms with Crippen LogP contribution in [0.25, 0.3) is 11.3 Å². The lowest BCUT2D eigenvalue weighted by Gasteiger charge is -2.19. The van der Waals surface area contributed by atoms with Gasteiger partial charge in [-0.2, -0.15) is 0 Å². The van der Waals surface area contributed by atoms with Crippen molar-refractivity contribution in [2.45, 2.75) is 4.90 Å². The average Bonchev–Trinajstić information content (AvgIpc) is 3.35. The number of sulfonamides is 1. The fourth-order valence-electron chi connectivity index (χ4n) is 3.48. The number of rotatable bonds is 6. The monoisotopic (exact) mass is 494 g/mol. The van der Waals surface area contributed by atoms with E-state index in [2.05, 4.69) is 10.0 Å². The number of nitrogens with one attached hydrogen (secondary N) is 2. The van der Waals surface area contributed by atoms with Crippen LogP contribution in [-0.4, -0.2) is 27.5 Å². The van der Waals surface area contributed by atoms with E-state index in [0.717, 1.165) is 0 Å². The number of fused-ring (bicyclic) bond motifs is 1. The summed E-state index contributed by atoms with van der Waals surface area (Å²) in [7, 11) is -3.87. The van der Waals surface area contributed by atoms with Gasteiger partial charge < -0.3 is 19.2 Å². The van der Waals surface area contributed by atoms with Crippen LogP contribution in [0.15, 0.2) is 88.2 Å². The highest BCUT2D eigenvalue weighted by Gasteiger charge is 2.20. The first-order valence-electron chi connectivity index (χ1n) is 10.6. The molecular weight excluding hydrogens is 475 g/mol. The van der Waals surface area contributed by atoms with Gasteiger partial charge in [0.15, 0.2) is 17.3 Å². The van der Waals surface area contributed by atoms with E-state index < -0.39 is 21.7 Å². The van der Waals surface area contributed by atoms with Crippen LogP contribution in [0.5, 0.6) is 11.5 Å². The van der Waals surface area contributed by atoms with Gasteiger partial charge in [-0.15, -0.1) is 0 Å². The minimum atomic E-state index is -3.87. The number of hydrogen-bond donors (Lipinski definition) is 2. The summed E-state index contributed by atoms with van der Waals surface area (Å²) in [5.41, 5.74) is 0.972. The number of carbonyl (C=O) groups is 1. The zero-order valence-corrected chi connectivity index (χ0v) is 19.0. The molecule has 0 saturated carbocycles. The number of halogens is 1. The second-order valence-corrected chi connectivity index (χ2v) is 9.27. The lowest BCUT2D eigenvalue weighted by atomic mass is 10.1. The molecule has 1 aliphatic heterocycles. The van der Waals surface area contributed by atoms with Gasteiger partial charge in [0.25, 0.3) is 15.9 Å². The Labute approximate surface area is 200 Å². The molecule has 0 fully saturated rings. The van der Waals surface area contributed by atoms with Crippen molar-refractivity contribution in [3.8, 4) is 22.8 Å². The smallest absolute Gasteiger partial charge is 0.291 e. The Hall–Kier alpha value is -4.31. The molecule has 0 radical (unpaired) electrons. The van der Waals surface area contributed by atoms with Crippen LogP contribution in [0.4, 0.5) is 15.8 Å². The molecule has 1 amide bonds. The molecular formula is C25H19FN2O6S. The molecule has 0 spiro atoms. The molecule has 8 nitrogen and oxygen atoms in total. The van der Waals surface area contributed by atoms with E-state index in [1.165, 1.54) is 42.5 Å². The molecule has 3 aromatic carbocycles. The second-order valence-electron chi connectivity index (χ2n) is 7.59. The largest absolute Gasteiger partial charge is 0.486 e. The highest BCUT2D eigenvalue weighted by Crippen LogP contribution is 2.33. The number of benzene rings is 3. The summed E-state index contributed by atoms with van der Waals surface area (Å²) >= 11 is 0. The summed E-state index contributed by atoms with van der Waals surface area (Å²) in [5, 5.41) is 2.66. The summed E-state index contributed by atoms with van der Waals surface area (Å²) in [6.07, 6.45) is 0. The van der Waals surface area contributed by atoms with E-state index in [0.29, 0.717) is 36.1 Å². The number of amides is 1. The molecule has 2 heterocycles. The van der Waals surface area contributed by atoms with Gasteiger partial charge >= 0.3 is 0 Å². The van der Waals surface area contributed by atoms with Crippen molar-refractivity contribution in [1.29, 1.82) is 0 Å². The first kappa shape index (κ1) is 22.5. The van der Waals surface area contributed by atoms with E-state index in [1.54, 1.807) is 36.4 Å². The Morgan fingerprint density at radius 3 is 2.31 bits per heavy atom. The fraction of sp³-hybridized carbons (Fsp3) is 0.0800. The molecule has 0 unspecified atom stereocenters. The standard InChI is InChI=1S/C25H19FN2O6S/c26-20-4-2-1-3-19(20)21-11-12-23(34-21)25(29)27-16-5-7-17(8-6-16)28-35(30,31)18-9-10-22-24(15-18)33-14-13-32-22/h1-12,15,28H,13-14H2,(H,27,29). The van der Waals surface area contributed by atoms with Crippen LogP contribution in [0.2, 0.25) is 0 Å². The van der Waals surface area contributed by atoms with Crippen molar-refractivity contribution in [2.75, 3.05) is 23.3 Å². The SMILES string of the molecule is O=C(Nc1ccc(NS(=O)(=O)c2ccc3c(c2)OCCO3)cc1)c1ccc(-c2ccccc2F)o1. The number of anilines is 2. The predicted octanol–water partition coefficient (Wildman–Crippen LogP) is 4.91. The van der Waals surface area contributed by atoms with Crippen LogP contribution < -0.4 is 19.5 Å². The van der Waals surface area contributed by atoms with Gasteiger partial charge in [-0.25, -0.2) is 12.8 Å². The van der Waals surface area contributed by atoms with Gasteiger partial charge in [0.1, 0.15) is 24.8 Å². The second kappa shape index (κ2) is 9.15. The number of furan rings is 1. The van der Waals surface area contributed by atoms with E-state index in [1.807, 2.05) is 0 Å². The molecule has 0 aliphatic carbocycles. The normalized spacial score (nSPS) is 12.7. The lowest BCUT2D eigenvalue weighted by molar-refractivity contribution is 0.0997. The summed E-state index contributed by atoms with van der Waals surface area (Å²) in [6.45, 7) is 0.756. The van der Waals surface area contributed by atoms with Crippen molar-refractivity contribution in [3.63, 3.8) is 0 Å². The molecule has 10 heteroatoms.